The Morgan fingerprint density at radius 1 is 0.760 bits per heavy atom. The van der Waals surface area contributed by atoms with Gasteiger partial charge in [0, 0.05) is 19.4 Å². The van der Waals surface area contributed by atoms with Crippen molar-refractivity contribution in [2.75, 3.05) is 0 Å². The Hall–Kier alpha value is -2.96. The Morgan fingerprint density at radius 3 is 1.40 bits per heavy atom. The third kappa shape index (κ3) is 6.21. The molecule has 0 spiro atoms. The lowest BCUT2D eigenvalue weighted by Crippen LogP contribution is -1.97. The first-order chi connectivity index (χ1) is 11.7. The van der Waals surface area contributed by atoms with Crippen LogP contribution in [0.4, 0.5) is 0 Å². The molecule has 25 heavy (non-hydrogen) atoms. The van der Waals surface area contributed by atoms with E-state index in [-0.39, 0.29) is 0 Å². The number of hydrogen-bond acceptors (Lipinski definition) is 4. The predicted octanol–water partition coefficient (Wildman–Crippen LogP) is 3.16. The maximum atomic E-state index is 9.58. The Kier molecular flexibility index (Phi) is 7.52. The van der Waals surface area contributed by atoms with Crippen molar-refractivity contribution < 1.29 is 30.0 Å². The molecule has 0 amide bonds. The van der Waals surface area contributed by atoms with E-state index in [1.54, 1.807) is 0 Å². The van der Waals surface area contributed by atoms with Crippen LogP contribution in [-0.4, -0.2) is 32.4 Å². The van der Waals surface area contributed by atoms with Crippen LogP contribution in [0.15, 0.2) is 54.6 Å². The van der Waals surface area contributed by atoms with Gasteiger partial charge >= 0.3 is 0 Å². The number of benzene rings is 3. The van der Waals surface area contributed by atoms with Crippen LogP contribution in [0.25, 0.3) is 21.5 Å². The van der Waals surface area contributed by atoms with E-state index in [2.05, 4.69) is 6.07 Å². The second kappa shape index (κ2) is 9.36. The van der Waals surface area contributed by atoms with Crippen molar-refractivity contribution in [1.82, 2.24) is 0 Å². The van der Waals surface area contributed by atoms with Crippen LogP contribution in [0.5, 0.6) is 0 Å². The number of carbonyl (C=O) groups is 2. The monoisotopic (exact) mass is 344 g/mol. The first kappa shape index (κ1) is 20.1. The van der Waals surface area contributed by atoms with Crippen molar-refractivity contribution in [3.63, 3.8) is 0 Å². The van der Waals surface area contributed by atoms with Crippen LogP contribution in [0, 0.1) is 0 Å². The maximum Gasteiger partial charge on any atom is 0.300 e. The van der Waals surface area contributed by atoms with Gasteiger partial charge in [0.05, 0.1) is 0 Å². The average molecular weight is 344 g/mol. The molecule has 0 aliphatic carbocycles. The van der Waals surface area contributed by atoms with Gasteiger partial charge in [0.2, 0.25) is 0 Å². The molecule has 132 valence electrons. The van der Waals surface area contributed by atoms with Gasteiger partial charge in [-0.2, -0.15) is 0 Å². The van der Waals surface area contributed by atoms with Gasteiger partial charge in [-0.15, -0.1) is 0 Å². The zero-order chi connectivity index (χ0) is 19.0. The van der Waals surface area contributed by atoms with Crippen molar-refractivity contribution in [1.29, 1.82) is 0 Å². The van der Waals surface area contributed by atoms with Crippen molar-refractivity contribution in [2.45, 2.75) is 20.1 Å². The fourth-order valence-electron chi connectivity index (χ4n) is 2.33. The van der Waals surface area contributed by atoms with Crippen LogP contribution in [-0.2, 0) is 9.59 Å². The number of aliphatic carboxylic acids is 2. The summed E-state index contributed by atoms with van der Waals surface area (Å²) in [6, 6.07) is 17.6. The van der Waals surface area contributed by atoms with Crippen molar-refractivity contribution in [3.8, 4) is 0 Å². The number of aliphatic hydroxyl groups is 2. The third-order valence-corrected chi connectivity index (χ3v) is 3.07. The molecule has 3 rings (SSSR count). The first-order valence-corrected chi connectivity index (χ1v) is 7.39. The Labute approximate surface area is 144 Å². The quantitative estimate of drug-likeness (QED) is 0.398. The van der Waals surface area contributed by atoms with E-state index >= 15 is 0 Å². The number of hydrogen-bond donors (Lipinski definition) is 4. The van der Waals surface area contributed by atoms with E-state index in [0.29, 0.717) is 5.56 Å². The molecule has 6 heteroatoms. The van der Waals surface area contributed by atoms with Gasteiger partial charge in [0.15, 0.2) is 6.29 Å². The molecule has 0 saturated heterocycles. The minimum absolute atomic E-state index is 0.582. The molecular formula is C19H20O6. The highest BCUT2D eigenvalue weighted by Crippen LogP contribution is 2.31. The van der Waals surface area contributed by atoms with E-state index in [0.717, 1.165) is 35.4 Å². The third-order valence-electron chi connectivity index (χ3n) is 3.07. The SMILES string of the molecule is CC(=O)O.CC(=O)O.OC(O)c1c2ccccc2cc2ccccc12. The molecular weight excluding hydrogens is 324 g/mol. The highest BCUT2D eigenvalue weighted by atomic mass is 16.5. The van der Waals surface area contributed by atoms with Crippen molar-refractivity contribution in [3.05, 3.63) is 60.2 Å². The Balaban J connectivity index is 0.000000333. The molecule has 0 heterocycles. The number of rotatable bonds is 1. The standard InChI is InChI=1S/C15H12O2.2C2H4O2/c16-15(17)14-12-7-3-1-5-10(12)9-11-6-2-4-8-13(11)14;2*1-2(3)4/h1-9,15-17H;2*1H3,(H,3,4). The molecule has 0 saturated carbocycles. The summed E-state index contributed by atoms with van der Waals surface area (Å²) in [5, 5.41) is 37.8. The van der Waals surface area contributed by atoms with Gasteiger partial charge in [-0.05, 0) is 27.6 Å². The van der Waals surface area contributed by atoms with Gasteiger partial charge in [-0.25, -0.2) is 0 Å². The van der Waals surface area contributed by atoms with Crippen LogP contribution < -0.4 is 0 Å². The summed E-state index contributed by atoms with van der Waals surface area (Å²) >= 11 is 0. The summed E-state index contributed by atoms with van der Waals surface area (Å²) in [6.07, 6.45) is -1.45. The molecule has 3 aromatic carbocycles. The van der Waals surface area contributed by atoms with Gasteiger partial charge in [0.1, 0.15) is 0 Å². The lowest BCUT2D eigenvalue weighted by Gasteiger charge is -2.12. The highest BCUT2D eigenvalue weighted by Gasteiger charge is 2.12. The summed E-state index contributed by atoms with van der Waals surface area (Å²) in [5.41, 5.74) is 0.582. The molecule has 0 unspecified atom stereocenters. The van der Waals surface area contributed by atoms with Crippen LogP contribution in [0.1, 0.15) is 25.7 Å². The van der Waals surface area contributed by atoms with E-state index in [1.807, 2.05) is 48.5 Å². The summed E-state index contributed by atoms with van der Waals surface area (Å²) < 4.78 is 0. The van der Waals surface area contributed by atoms with Gasteiger partial charge < -0.3 is 20.4 Å². The highest BCUT2D eigenvalue weighted by molar-refractivity contribution is 6.02. The second-order valence-corrected chi connectivity index (χ2v) is 5.14. The molecule has 4 N–H and O–H groups in total. The summed E-state index contributed by atoms with van der Waals surface area (Å²) in [6.45, 7) is 2.17. The maximum absolute atomic E-state index is 9.58. The molecule has 6 nitrogen and oxygen atoms in total. The fraction of sp³-hybridized carbons (Fsp3) is 0.158. The minimum Gasteiger partial charge on any atom is -0.481 e. The molecule has 0 bridgehead atoms. The molecule has 0 aromatic heterocycles. The summed E-state index contributed by atoms with van der Waals surface area (Å²) in [5.74, 6) is -1.67. The lowest BCUT2D eigenvalue weighted by molar-refractivity contribution is -0.135. The zero-order valence-corrected chi connectivity index (χ0v) is 13.9. The normalized spacial score (nSPS) is 9.80. The Bertz CT molecular complexity index is 796. The predicted molar refractivity (Wildman–Crippen MR) is 95.3 cm³/mol. The Morgan fingerprint density at radius 2 is 1.08 bits per heavy atom. The number of carboxylic acid groups (broad SMARTS) is 2. The van der Waals surface area contributed by atoms with Crippen LogP contribution >= 0.6 is 0 Å². The zero-order valence-electron chi connectivity index (χ0n) is 13.9. The lowest BCUT2D eigenvalue weighted by atomic mass is 9.96. The summed E-state index contributed by atoms with van der Waals surface area (Å²) in [7, 11) is 0. The number of fused-ring (bicyclic) bond motifs is 2. The largest absolute Gasteiger partial charge is 0.481 e. The van der Waals surface area contributed by atoms with E-state index in [4.69, 9.17) is 19.8 Å². The van der Waals surface area contributed by atoms with E-state index in [9.17, 15) is 10.2 Å². The smallest absolute Gasteiger partial charge is 0.300 e. The fourth-order valence-corrected chi connectivity index (χ4v) is 2.33. The molecule has 3 aromatic rings. The molecule has 0 fully saturated rings. The van der Waals surface area contributed by atoms with Gasteiger partial charge in [0.25, 0.3) is 11.9 Å². The molecule has 0 radical (unpaired) electrons. The second-order valence-electron chi connectivity index (χ2n) is 5.14. The van der Waals surface area contributed by atoms with Crippen molar-refractivity contribution in [2.24, 2.45) is 0 Å². The molecule has 0 aliphatic heterocycles. The van der Waals surface area contributed by atoms with Gasteiger partial charge in [-0.1, -0.05) is 48.5 Å². The van der Waals surface area contributed by atoms with Gasteiger partial charge in [-0.3, -0.25) is 9.59 Å². The van der Waals surface area contributed by atoms with E-state index in [1.165, 1.54) is 0 Å². The minimum atomic E-state index is -1.45. The van der Waals surface area contributed by atoms with Crippen LogP contribution in [0.3, 0.4) is 0 Å². The average Bonchev–Trinajstić information content (AvgIpc) is 2.51. The summed E-state index contributed by atoms with van der Waals surface area (Å²) in [4.78, 5) is 18.0. The topological polar surface area (TPSA) is 115 Å². The number of aliphatic hydroxyl groups excluding tert-OH is 1. The van der Waals surface area contributed by atoms with E-state index < -0.39 is 18.2 Å². The molecule has 0 aliphatic rings. The first-order valence-electron chi connectivity index (χ1n) is 7.39. The van der Waals surface area contributed by atoms with Crippen molar-refractivity contribution >= 4 is 33.5 Å². The molecule has 0 atom stereocenters. The van der Waals surface area contributed by atoms with Crippen LogP contribution in [0.2, 0.25) is 0 Å². The number of carboxylic acids is 2.